The van der Waals surface area contributed by atoms with Crippen molar-refractivity contribution in [3.05, 3.63) is 183 Å². The van der Waals surface area contributed by atoms with E-state index in [-0.39, 0.29) is 14.9 Å². The maximum atomic E-state index is 5.52. The number of fused-ring (bicyclic) bond motifs is 5. The maximum absolute atomic E-state index is 5.52. The number of thiazole rings is 2. The number of benzene rings is 4. The predicted octanol–water partition coefficient (Wildman–Crippen LogP) is 26.4. The van der Waals surface area contributed by atoms with Crippen LogP contribution < -0.4 is 0 Å². The van der Waals surface area contributed by atoms with E-state index in [1.807, 2.05) is 188 Å². The Kier molecular flexibility index (Phi) is 57.3. The Bertz CT molecular complexity index is 2790. The fourth-order valence-corrected chi connectivity index (χ4v) is 10.2. The summed E-state index contributed by atoms with van der Waals surface area (Å²) in [6, 6.07) is 45.2. The quantitative estimate of drug-likeness (QED) is 0.153. The Hall–Kier alpha value is -5.84. The molecule has 0 radical (unpaired) electrons. The van der Waals surface area contributed by atoms with Crippen LogP contribution in [0.2, 0.25) is 0 Å². The average molecular weight is 1290 g/mol. The number of hydrogen-bond donors (Lipinski definition) is 0. The zero-order valence-corrected chi connectivity index (χ0v) is 61.5. The second-order valence-electron chi connectivity index (χ2n) is 18.4. The van der Waals surface area contributed by atoms with Crippen LogP contribution in [0.4, 0.5) is 0 Å². The van der Waals surface area contributed by atoms with Gasteiger partial charge < -0.3 is 4.42 Å². The van der Waals surface area contributed by atoms with Gasteiger partial charge in [-0.3, -0.25) is 4.98 Å². The zero-order valence-electron chi connectivity index (χ0n) is 58.2. The molecule has 0 saturated heterocycles. The molecule has 8 nitrogen and oxygen atoms in total. The molecular weight excluding hydrogens is 1170 g/mol. The monoisotopic (exact) mass is 1290 g/mol. The number of pyridine rings is 2. The molecule has 486 valence electrons. The first-order valence-corrected chi connectivity index (χ1v) is 35.3. The van der Waals surface area contributed by atoms with E-state index in [9.17, 15) is 0 Å². The summed E-state index contributed by atoms with van der Waals surface area (Å²) in [7, 11) is 0. The minimum atomic E-state index is 0. The van der Waals surface area contributed by atoms with Crippen LogP contribution in [0.25, 0.3) is 47.5 Å². The number of oxazole rings is 1. The Morgan fingerprint density at radius 2 is 0.931 bits per heavy atom. The van der Waals surface area contributed by atoms with Crippen molar-refractivity contribution >= 4 is 84.7 Å². The molecule has 0 aliphatic rings. The van der Waals surface area contributed by atoms with Gasteiger partial charge in [0.2, 0.25) is 0 Å². The van der Waals surface area contributed by atoms with Crippen molar-refractivity contribution in [2.45, 2.75) is 244 Å². The average Bonchev–Trinajstić information content (AvgIpc) is 4.18. The van der Waals surface area contributed by atoms with Crippen molar-refractivity contribution in [1.29, 1.82) is 0 Å². The van der Waals surface area contributed by atoms with Gasteiger partial charge in [0.1, 0.15) is 5.52 Å². The molecular formula is C76H123N7OS2Se. The molecule has 4 aromatic carbocycles. The van der Waals surface area contributed by atoms with Gasteiger partial charge in [-0.2, -0.15) is 5.10 Å². The van der Waals surface area contributed by atoms with Gasteiger partial charge in [0.05, 0.1) is 37.0 Å². The van der Waals surface area contributed by atoms with Crippen molar-refractivity contribution in [3.8, 4) is 0 Å². The fourth-order valence-electron chi connectivity index (χ4n) is 6.57. The normalized spacial score (nSPS) is 9.36. The van der Waals surface area contributed by atoms with E-state index >= 15 is 0 Å². The molecule has 0 N–H and O–H groups in total. The summed E-state index contributed by atoms with van der Waals surface area (Å²) in [5, 5.41) is 10.1. The Labute approximate surface area is 547 Å². The molecule has 7 heterocycles. The molecule has 0 unspecified atom stereocenters. The smallest absolute Gasteiger partial charge is 0.198 e. The van der Waals surface area contributed by atoms with Crippen LogP contribution in [-0.2, 0) is 0 Å². The molecule has 0 saturated carbocycles. The fraction of sp³-hybridized carbons (Fsp3) is 0.474. The number of rotatable bonds is 6. The third-order valence-electron chi connectivity index (χ3n) is 10.6. The van der Waals surface area contributed by atoms with Crippen LogP contribution in [0.1, 0.15) is 276 Å². The van der Waals surface area contributed by atoms with Gasteiger partial charge in [-0.15, -0.1) is 22.7 Å². The first kappa shape index (κ1) is 89.9. The van der Waals surface area contributed by atoms with Crippen LogP contribution in [0, 0.1) is 0 Å². The first-order valence-electron chi connectivity index (χ1n) is 31.9. The molecule has 0 amide bonds. The summed E-state index contributed by atoms with van der Waals surface area (Å²) in [6.45, 7) is 57.9. The molecule has 11 heteroatoms. The summed E-state index contributed by atoms with van der Waals surface area (Å²) in [6.07, 6.45) is 3.82. The number of hydrogen-bond acceptors (Lipinski definition) is 9. The molecule has 87 heavy (non-hydrogen) atoms. The summed E-state index contributed by atoms with van der Waals surface area (Å²) < 4.78 is 11.5. The van der Waals surface area contributed by atoms with Gasteiger partial charge in [0.15, 0.2) is 11.5 Å². The minimum absolute atomic E-state index is 0. The Morgan fingerprint density at radius 3 is 1.40 bits per heavy atom. The number of para-hydroxylation sites is 5. The zero-order chi connectivity index (χ0) is 65.5. The van der Waals surface area contributed by atoms with E-state index < -0.39 is 0 Å². The second kappa shape index (κ2) is 55.5. The van der Waals surface area contributed by atoms with Crippen molar-refractivity contribution in [2.24, 2.45) is 0 Å². The van der Waals surface area contributed by atoms with E-state index in [2.05, 4.69) is 192 Å². The van der Waals surface area contributed by atoms with E-state index in [1.54, 1.807) is 22.7 Å². The van der Waals surface area contributed by atoms with E-state index in [4.69, 9.17) is 4.42 Å². The molecule has 0 aliphatic heterocycles. The summed E-state index contributed by atoms with van der Waals surface area (Å²) in [4.78, 5) is 22.2. The van der Waals surface area contributed by atoms with Crippen molar-refractivity contribution in [2.75, 3.05) is 0 Å². The summed E-state index contributed by atoms with van der Waals surface area (Å²) in [5.74, 6) is 3.93. The van der Waals surface area contributed by atoms with E-state index in [1.165, 1.54) is 45.7 Å². The Morgan fingerprint density at radius 1 is 0.425 bits per heavy atom. The van der Waals surface area contributed by atoms with Gasteiger partial charge in [-0.1, -0.05) is 249 Å². The van der Waals surface area contributed by atoms with Crippen LogP contribution in [0.5, 0.6) is 0 Å². The van der Waals surface area contributed by atoms with Gasteiger partial charge in [0, 0.05) is 46.6 Å². The molecule has 7 aromatic heterocycles. The van der Waals surface area contributed by atoms with Gasteiger partial charge in [-0.05, 0) is 66.4 Å². The van der Waals surface area contributed by atoms with Crippen LogP contribution >= 0.6 is 22.7 Å². The minimum Gasteiger partial charge on any atom is -0.440 e. The standard InChI is InChI=1S/C12H13N.C10H12N2.C10H11NO.C10H11NS.C10H11NSe.C6H9NS.8C2H6.2CH4/c1-9(2)11-8-7-10-5-3-4-6-12(10)13-11;1-8(2)10-7-9-5-3-4-6-12(9)11-10;3*1-7(2)10-11-8-5-3-4-6-9(8)12-10;1-5(2)6-7-3-4-8-6;8*1-2;;/h3-9H,1-2H3;3-8H,1-2H3;3*3-7H,1-2H3;3-5H,1-2H3;8*1-2H3;2*1H4. The predicted molar refractivity (Wildman–Crippen MR) is 400 cm³/mol. The number of aromatic nitrogens is 7. The molecule has 0 aliphatic carbocycles. The van der Waals surface area contributed by atoms with Crippen LogP contribution in [0.3, 0.4) is 0 Å². The van der Waals surface area contributed by atoms with Gasteiger partial charge >= 0.3 is 77.9 Å². The topological polar surface area (TPSA) is 94.9 Å². The van der Waals surface area contributed by atoms with E-state index in [0.717, 1.165) is 33.7 Å². The van der Waals surface area contributed by atoms with E-state index in [0.29, 0.717) is 50.0 Å². The molecule has 0 bridgehead atoms. The summed E-state index contributed by atoms with van der Waals surface area (Å²) in [5.41, 5.74) is 8.73. The van der Waals surface area contributed by atoms with Crippen molar-refractivity contribution in [3.63, 3.8) is 0 Å². The maximum Gasteiger partial charge on any atom is 0.198 e. The molecule has 0 atom stereocenters. The van der Waals surface area contributed by atoms with Crippen molar-refractivity contribution < 1.29 is 4.42 Å². The first-order chi connectivity index (χ1) is 41.2. The van der Waals surface area contributed by atoms with Crippen LogP contribution in [-0.4, -0.2) is 49.0 Å². The third-order valence-corrected chi connectivity index (χ3v) is 15.8. The molecule has 11 aromatic rings. The SMILES string of the molecule is C.C.CC.CC.CC.CC.CC.CC.CC.CC.CC(C)c1cc2ccccn2n1.CC(C)c1ccc2ccccc2n1.CC(C)c1nc2ccccc2[se]1.CC(C)c1nc2ccccc2o1.CC(C)c1nc2ccccc2s1.CC(C)c1nccs1. The summed E-state index contributed by atoms with van der Waals surface area (Å²) >= 11 is 4.00. The Balaban J connectivity index is -0.000000295. The molecule has 11 rings (SSSR count). The van der Waals surface area contributed by atoms with Crippen molar-refractivity contribution in [1.82, 2.24) is 34.5 Å². The van der Waals surface area contributed by atoms with Crippen LogP contribution in [0.15, 0.2) is 156 Å². The molecule has 0 fully saturated rings. The third kappa shape index (κ3) is 33.4. The second-order valence-corrected chi connectivity index (χ2v) is 22.6. The molecule has 0 spiro atoms. The van der Waals surface area contributed by atoms with Gasteiger partial charge in [0.25, 0.3) is 0 Å². The largest absolute Gasteiger partial charge is 0.440 e. The number of nitrogens with zero attached hydrogens (tertiary/aromatic N) is 7. The van der Waals surface area contributed by atoms with Gasteiger partial charge in [-0.25, -0.2) is 19.5 Å².